The van der Waals surface area contributed by atoms with E-state index in [-0.39, 0.29) is 13.0 Å². The third-order valence-corrected chi connectivity index (χ3v) is 1.15. The van der Waals surface area contributed by atoms with E-state index in [9.17, 15) is 4.39 Å². The molecular formula is C6H13FO2. The lowest BCUT2D eigenvalue weighted by Gasteiger charge is -2.20. The Morgan fingerprint density at radius 3 is 2.11 bits per heavy atom. The van der Waals surface area contributed by atoms with Crippen LogP contribution in [0, 0.1) is 0 Å². The Morgan fingerprint density at radius 2 is 2.00 bits per heavy atom. The van der Waals surface area contributed by atoms with E-state index in [1.54, 1.807) is 0 Å². The van der Waals surface area contributed by atoms with Crippen molar-refractivity contribution in [3.63, 3.8) is 0 Å². The van der Waals surface area contributed by atoms with Crippen molar-refractivity contribution in [2.45, 2.75) is 32.0 Å². The van der Waals surface area contributed by atoms with Crippen LogP contribution in [0.5, 0.6) is 0 Å². The largest absolute Gasteiger partial charge is 0.396 e. The molecule has 0 rings (SSSR count). The molecule has 9 heavy (non-hydrogen) atoms. The van der Waals surface area contributed by atoms with Gasteiger partial charge < -0.3 is 10.2 Å². The normalized spacial score (nSPS) is 15.7. The van der Waals surface area contributed by atoms with Crippen molar-refractivity contribution in [3.05, 3.63) is 0 Å². The second kappa shape index (κ2) is 3.13. The van der Waals surface area contributed by atoms with Gasteiger partial charge in [0, 0.05) is 13.0 Å². The van der Waals surface area contributed by atoms with Gasteiger partial charge in [0.25, 0.3) is 0 Å². The minimum Gasteiger partial charge on any atom is -0.396 e. The van der Waals surface area contributed by atoms with Gasteiger partial charge in [0.05, 0.1) is 5.60 Å². The molecule has 3 heteroatoms. The second-order valence-electron chi connectivity index (χ2n) is 2.63. The molecule has 1 atom stereocenters. The average Bonchev–Trinajstić information content (AvgIpc) is 1.64. The minimum absolute atomic E-state index is 0.00347. The summed E-state index contributed by atoms with van der Waals surface area (Å²) in [4.78, 5) is 0. The summed E-state index contributed by atoms with van der Waals surface area (Å²) >= 11 is 0. The van der Waals surface area contributed by atoms with E-state index in [4.69, 9.17) is 10.2 Å². The quantitative estimate of drug-likeness (QED) is 0.592. The molecule has 0 aromatic rings. The molecule has 0 amide bonds. The fraction of sp³-hybridized carbons (Fsp3) is 1.00. The van der Waals surface area contributed by atoms with Crippen molar-refractivity contribution in [1.29, 1.82) is 0 Å². The molecule has 0 aromatic heterocycles. The molecular weight excluding hydrogens is 123 g/mol. The minimum atomic E-state index is -1.33. The maximum atomic E-state index is 12.5. The van der Waals surface area contributed by atoms with E-state index in [1.807, 2.05) is 0 Å². The number of rotatable bonds is 3. The summed E-state index contributed by atoms with van der Waals surface area (Å²) in [6, 6.07) is 0. The van der Waals surface area contributed by atoms with E-state index >= 15 is 0 Å². The van der Waals surface area contributed by atoms with Gasteiger partial charge in [-0.1, -0.05) is 0 Å². The Hall–Kier alpha value is -0.150. The van der Waals surface area contributed by atoms with Gasteiger partial charge in [-0.05, 0) is 13.8 Å². The Bertz CT molecular complexity index is 77.6. The molecule has 0 unspecified atom stereocenters. The first-order valence-electron chi connectivity index (χ1n) is 2.95. The van der Waals surface area contributed by atoms with E-state index < -0.39 is 11.8 Å². The zero-order valence-corrected chi connectivity index (χ0v) is 5.76. The SMILES string of the molecule is CC(C)(O)[C@H](F)CCO. The summed E-state index contributed by atoms with van der Waals surface area (Å²) in [5, 5.41) is 17.2. The molecule has 0 fully saturated rings. The lowest BCUT2D eigenvalue weighted by atomic mass is 10.0. The highest BCUT2D eigenvalue weighted by Crippen LogP contribution is 2.14. The Balaban J connectivity index is 3.59. The third kappa shape index (κ3) is 3.43. The van der Waals surface area contributed by atoms with Crippen molar-refractivity contribution in [2.24, 2.45) is 0 Å². The Kier molecular flexibility index (Phi) is 3.08. The third-order valence-electron chi connectivity index (χ3n) is 1.15. The smallest absolute Gasteiger partial charge is 0.130 e. The molecule has 2 N–H and O–H groups in total. The monoisotopic (exact) mass is 136 g/mol. The molecule has 56 valence electrons. The first-order valence-corrected chi connectivity index (χ1v) is 2.95. The van der Waals surface area contributed by atoms with Gasteiger partial charge in [0.2, 0.25) is 0 Å². The van der Waals surface area contributed by atoms with Crippen LogP contribution in [0.2, 0.25) is 0 Å². The average molecular weight is 136 g/mol. The van der Waals surface area contributed by atoms with Crippen LogP contribution >= 0.6 is 0 Å². The summed E-state index contributed by atoms with van der Waals surface area (Å²) in [6.45, 7) is 2.55. The maximum Gasteiger partial charge on any atom is 0.130 e. The molecule has 0 aromatic carbocycles. The summed E-state index contributed by atoms with van der Waals surface area (Å²) in [7, 11) is 0. The van der Waals surface area contributed by atoms with E-state index in [0.29, 0.717) is 0 Å². The van der Waals surface area contributed by atoms with Crippen LogP contribution in [0.1, 0.15) is 20.3 Å². The standard InChI is InChI=1S/C6H13FO2/c1-6(2,9)5(7)3-4-8/h5,8-9H,3-4H2,1-2H3/t5-/m1/s1. The highest BCUT2D eigenvalue weighted by atomic mass is 19.1. The molecule has 0 spiro atoms. The lowest BCUT2D eigenvalue weighted by molar-refractivity contribution is -0.0130. The van der Waals surface area contributed by atoms with Crippen LogP contribution in [0.3, 0.4) is 0 Å². The van der Waals surface area contributed by atoms with Crippen LogP contribution in [0.15, 0.2) is 0 Å². The van der Waals surface area contributed by atoms with E-state index in [2.05, 4.69) is 0 Å². The van der Waals surface area contributed by atoms with Crippen molar-refractivity contribution in [2.75, 3.05) is 6.61 Å². The zero-order valence-electron chi connectivity index (χ0n) is 5.76. The topological polar surface area (TPSA) is 40.5 Å². The molecule has 0 bridgehead atoms. The van der Waals surface area contributed by atoms with Crippen molar-refractivity contribution < 1.29 is 14.6 Å². The zero-order chi connectivity index (χ0) is 7.49. The van der Waals surface area contributed by atoms with Crippen LogP contribution in [0.4, 0.5) is 4.39 Å². The molecule has 2 nitrogen and oxygen atoms in total. The van der Waals surface area contributed by atoms with E-state index in [1.165, 1.54) is 13.8 Å². The number of hydrogen-bond acceptors (Lipinski definition) is 2. The first-order chi connectivity index (χ1) is 3.98. The molecule has 0 heterocycles. The molecule has 0 saturated carbocycles. The van der Waals surface area contributed by atoms with Crippen LogP contribution in [-0.4, -0.2) is 28.6 Å². The molecule has 0 aliphatic carbocycles. The number of halogens is 1. The molecule has 0 aliphatic rings. The summed E-state index contributed by atoms with van der Waals surface area (Å²) in [5.74, 6) is 0. The molecule has 0 saturated heterocycles. The number of alkyl halides is 1. The van der Waals surface area contributed by atoms with Crippen LogP contribution < -0.4 is 0 Å². The van der Waals surface area contributed by atoms with Gasteiger partial charge in [-0.3, -0.25) is 0 Å². The number of aliphatic hydroxyl groups is 2. The van der Waals surface area contributed by atoms with Gasteiger partial charge in [0.15, 0.2) is 0 Å². The van der Waals surface area contributed by atoms with Crippen LogP contribution in [-0.2, 0) is 0 Å². The Labute approximate surface area is 54.3 Å². The highest BCUT2D eigenvalue weighted by Gasteiger charge is 2.25. The maximum absolute atomic E-state index is 12.5. The van der Waals surface area contributed by atoms with Gasteiger partial charge >= 0.3 is 0 Å². The lowest BCUT2D eigenvalue weighted by Crippen LogP contribution is -2.32. The van der Waals surface area contributed by atoms with Crippen molar-refractivity contribution in [3.8, 4) is 0 Å². The molecule has 0 aliphatic heterocycles. The van der Waals surface area contributed by atoms with Crippen LogP contribution in [0.25, 0.3) is 0 Å². The van der Waals surface area contributed by atoms with Gasteiger partial charge in [-0.25, -0.2) is 4.39 Å². The summed E-state index contributed by atoms with van der Waals surface area (Å²) in [6.07, 6.45) is -1.33. The molecule has 0 radical (unpaired) electrons. The predicted molar refractivity (Wildman–Crippen MR) is 32.9 cm³/mol. The Morgan fingerprint density at radius 1 is 1.56 bits per heavy atom. The van der Waals surface area contributed by atoms with Gasteiger partial charge in [0.1, 0.15) is 6.17 Å². The number of hydrogen-bond donors (Lipinski definition) is 2. The second-order valence-corrected chi connectivity index (χ2v) is 2.63. The van der Waals surface area contributed by atoms with Crippen molar-refractivity contribution in [1.82, 2.24) is 0 Å². The summed E-state index contributed by atoms with van der Waals surface area (Å²) < 4.78 is 12.5. The predicted octanol–water partition coefficient (Wildman–Crippen LogP) is 0.478. The fourth-order valence-corrected chi connectivity index (χ4v) is 0.467. The fourth-order valence-electron chi connectivity index (χ4n) is 0.467. The van der Waals surface area contributed by atoms with E-state index in [0.717, 1.165) is 0 Å². The van der Waals surface area contributed by atoms with Gasteiger partial charge in [-0.15, -0.1) is 0 Å². The summed E-state index contributed by atoms with van der Waals surface area (Å²) in [5.41, 5.74) is -1.32. The van der Waals surface area contributed by atoms with Crippen molar-refractivity contribution >= 4 is 0 Å². The highest BCUT2D eigenvalue weighted by molar-refractivity contribution is 4.75. The number of aliphatic hydroxyl groups excluding tert-OH is 1. The first kappa shape index (κ1) is 8.85. The van der Waals surface area contributed by atoms with Gasteiger partial charge in [-0.2, -0.15) is 0 Å².